The zero-order valence-corrected chi connectivity index (χ0v) is 12.8. The third-order valence-electron chi connectivity index (χ3n) is 3.00. The van der Waals surface area contributed by atoms with Crippen LogP contribution in [0.5, 0.6) is 5.75 Å². The van der Waals surface area contributed by atoms with Gasteiger partial charge in [-0.2, -0.15) is 0 Å². The summed E-state index contributed by atoms with van der Waals surface area (Å²) in [6.45, 7) is 2.67. The highest BCUT2D eigenvalue weighted by Gasteiger charge is 2.16. The molecule has 19 heavy (non-hydrogen) atoms. The average Bonchev–Trinajstić information content (AvgIpc) is 2.44. The van der Waals surface area contributed by atoms with Crippen LogP contribution in [0.1, 0.15) is 24.1 Å². The van der Waals surface area contributed by atoms with E-state index in [1.807, 2.05) is 32.2 Å². The molecule has 0 aliphatic rings. The quantitative estimate of drug-likeness (QED) is 0.893. The number of ether oxygens (including phenoxy) is 1. The topological polar surface area (TPSA) is 21.3 Å². The zero-order chi connectivity index (χ0) is 13.7. The third kappa shape index (κ3) is 3.37. The van der Waals surface area contributed by atoms with Crippen LogP contribution >= 0.6 is 15.9 Å². The van der Waals surface area contributed by atoms with E-state index in [0.29, 0.717) is 6.61 Å². The molecule has 0 bridgehead atoms. The molecule has 0 saturated carbocycles. The van der Waals surface area contributed by atoms with Crippen molar-refractivity contribution in [1.82, 2.24) is 5.32 Å². The van der Waals surface area contributed by atoms with E-state index in [1.165, 1.54) is 5.56 Å². The highest BCUT2D eigenvalue weighted by Crippen LogP contribution is 2.32. The molecule has 0 amide bonds. The van der Waals surface area contributed by atoms with Gasteiger partial charge >= 0.3 is 0 Å². The molecular formula is C16H18BrNO. The Labute approximate surface area is 122 Å². The van der Waals surface area contributed by atoms with E-state index in [0.717, 1.165) is 15.8 Å². The van der Waals surface area contributed by atoms with Gasteiger partial charge in [0.1, 0.15) is 5.75 Å². The molecule has 0 heterocycles. The van der Waals surface area contributed by atoms with Crippen LogP contribution in [0.4, 0.5) is 0 Å². The summed E-state index contributed by atoms with van der Waals surface area (Å²) in [5.74, 6) is 0.925. The molecule has 0 aliphatic heterocycles. The molecule has 2 aromatic rings. The number of rotatable bonds is 5. The van der Waals surface area contributed by atoms with Crippen LogP contribution in [-0.2, 0) is 0 Å². The fourth-order valence-corrected chi connectivity index (χ4v) is 2.56. The lowest BCUT2D eigenvalue weighted by Gasteiger charge is -2.20. The van der Waals surface area contributed by atoms with Gasteiger partial charge in [0.25, 0.3) is 0 Å². The Morgan fingerprint density at radius 2 is 1.89 bits per heavy atom. The fraction of sp³-hybridized carbons (Fsp3) is 0.250. The molecule has 0 fully saturated rings. The summed E-state index contributed by atoms with van der Waals surface area (Å²) in [6.07, 6.45) is 0. The second-order valence-corrected chi connectivity index (χ2v) is 5.16. The molecule has 2 nitrogen and oxygen atoms in total. The lowest BCUT2D eigenvalue weighted by molar-refractivity contribution is 0.334. The summed E-state index contributed by atoms with van der Waals surface area (Å²) >= 11 is 3.53. The van der Waals surface area contributed by atoms with Crippen molar-refractivity contribution in [3.05, 3.63) is 64.1 Å². The van der Waals surface area contributed by atoms with Gasteiger partial charge in [0.05, 0.1) is 12.6 Å². The minimum Gasteiger partial charge on any atom is -0.494 e. The van der Waals surface area contributed by atoms with Gasteiger partial charge in [-0.3, -0.25) is 0 Å². The maximum atomic E-state index is 5.74. The Morgan fingerprint density at radius 3 is 2.53 bits per heavy atom. The first-order valence-electron chi connectivity index (χ1n) is 6.40. The second kappa shape index (κ2) is 6.73. The summed E-state index contributed by atoms with van der Waals surface area (Å²) in [7, 11) is 1.97. The molecule has 0 radical (unpaired) electrons. The molecule has 2 aromatic carbocycles. The molecule has 0 aliphatic carbocycles. The van der Waals surface area contributed by atoms with E-state index < -0.39 is 0 Å². The lowest BCUT2D eigenvalue weighted by Crippen LogP contribution is -2.18. The van der Waals surface area contributed by atoms with Crippen molar-refractivity contribution in [3.8, 4) is 5.75 Å². The molecule has 100 valence electrons. The Morgan fingerprint density at radius 1 is 1.16 bits per heavy atom. The van der Waals surface area contributed by atoms with E-state index in [4.69, 9.17) is 4.74 Å². The van der Waals surface area contributed by atoms with Gasteiger partial charge < -0.3 is 10.1 Å². The Hall–Kier alpha value is -1.32. The van der Waals surface area contributed by atoms with Gasteiger partial charge in [-0.1, -0.05) is 46.3 Å². The molecule has 1 atom stereocenters. The highest BCUT2D eigenvalue weighted by atomic mass is 79.9. The van der Waals surface area contributed by atoms with Crippen molar-refractivity contribution in [3.63, 3.8) is 0 Å². The van der Waals surface area contributed by atoms with E-state index in [2.05, 4.69) is 51.6 Å². The van der Waals surface area contributed by atoms with Crippen LogP contribution in [0.2, 0.25) is 0 Å². The molecule has 3 heteroatoms. The first-order chi connectivity index (χ1) is 9.26. The number of benzene rings is 2. The van der Waals surface area contributed by atoms with Gasteiger partial charge in [-0.05, 0) is 37.7 Å². The zero-order valence-electron chi connectivity index (χ0n) is 11.2. The third-order valence-corrected chi connectivity index (χ3v) is 3.50. The summed E-state index contributed by atoms with van der Waals surface area (Å²) in [5.41, 5.74) is 2.37. The number of hydrogen-bond donors (Lipinski definition) is 1. The van der Waals surface area contributed by atoms with Crippen LogP contribution in [-0.4, -0.2) is 13.7 Å². The van der Waals surface area contributed by atoms with Crippen LogP contribution in [0.3, 0.4) is 0 Å². The number of halogens is 1. The summed E-state index contributed by atoms with van der Waals surface area (Å²) in [5, 5.41) is 3.36. The smallest absolute Gasteiger partial charge is 0.124 e. The predicted molar refractivity (Wildman–Crippen MR) is 82.7 cm³/mol. The van der Waals surface area contributed by atoms with Crippen LogP contribution in [0.25, 0.3) is 0 Å². The van der Waals surface area contributed by atoms with Gasteiger partial charge in [0.2, 0.25) is 0 Å². The molecule has 2 rings (SSSR count). The van der Waals surface area contributed by atoms with Crippen molar-refractivity contribution >= 4 is 15.9 Å². The number of nitrogens with one attached hydrogen (secondary N) is 1. The average molecular weight is 320 g/mol. The van der Waals surface area contributed by atoms with E-state index >= 15 is 0 Å². The van der Waals surface area contributed by atoms with Gasteiger partial charge in [0, 0.05) is 10.0 Å². The minimum atomic E-state index is 0.125. The van der Waals surface area contributed by atoms with Crippen molar-refractivity contribution in [2.45, 2.75) is 13.0 Å². The molecule has 0 aromatic heterocycles. The van der Waals surface area contributed by atoms with Crippen LogP contribution in [0.15, 0.2) is 53.0 Å². The normalized spacial score (nSPS) is 12.2. The first-order valence-corrected chi connectivity index (χ1v) is 7.20. The summed E-state index contributed by atoms with van der Waals surface area (Å²) in [6, 6.07) is 16.6. The highest BCUT2D eigenvalue weighted by molar-refractivity contribution is 9.10. The van der Waals surface area contributed by atoms with Gasteiger partial charge in [-0.25, -0.2) is 0 Å². The molecule has 0 spiro atoms. The van der Waals surface area contributed by atoms with Crippen molar-refractivity contribution in [2.24, 2.45) is 0 Å². The van der Waals surface area contributed by atoms with Crippen LogP contribution in [0, 0.1) is 0 Å². The maximum absolute atomic E-state index is 5.74. The Bertz CT molecular complexity index is 528. The van der Waals surface area contributed by atoms with Crippen molar-refractivity contribution in [1.29, 1.82) is 0 Å². The van der Waals surface area contributed by atoms with Crippen LogP contribution < -0.4 is 10.1 Å². The van der Waals surface area contributed by atoms with E-state index in [-0.39, 0.29) is 6.04 Å². The SMILES string of the molecule is CCOc1ccc(Br)cc1C(NC)c1ccccc1. The summed E-state index contributed by atoms with van der Waals surface area (Å²) < 4.78 is 6.79. The van der Waals surface area contributed by atoms with Crippen molar-refractivity contribution < 1.29 is 4.74 Å². The van der Waals surface area contributed by atoms with Crippen molar-refractivity contribution in [2.75, 3.05) is 13.7 Å². The Balaban J connectivity index is 2.45. The van der Waals surface area contributed by atoms with Gasteiger partial charge in [-0.15, -0.1) is 0 Å². The standard InChI is InChI=1S/C16H18BrNO/c1-3-19-15-10-9-13(17)11-14(15)16(18-2)12-7-5-4-6-8-12/h4-11,16,18H,3H2,1-2H3. The lowest BCUT2D eigenvalue weighted by atomic mass is 9.98. The fourth-order valence-electron chi connectivity index (χ4n) is 2.18. The predicted octanol–water partition coefficient (Wildman–Crippen LogP) is 4.16. The molecule has 1 unspecified atom stereocenters. The first kappa shape index (κ1) is 14.1. The molecule has 1 N–H and O–H groups in total. The summed E-state index contributed by atoms with van der Waals surface area (Å²) in [4.78, 5) is 0. The van der Waals surface area contributed by atoms with Gasteiger partial charge in [0.15, 0.2) is 0 Å². The van der Waals surface area contributed by atoms with E-state index in [9.17, 15) is 0 Å². The minimum absolute atomic E-state index is 0.125. The monoisotopic (exact) mass is 319 g/mol. The number of hydrogen-bond acceptors (Lipinski definition) is 2. The molecular weight excluding hydrogens is 302 g/mol. The maximum Gasteiger partial charge on any atom is 0.124 e. The second-order valence-electron chi connectivity index (χ2n) is 4.25. The molecule has 0 saturated heterocycles. The van der Waals surface area contributed by atoms with E-state index in [1.54, 1.807) is 0 Å². The Kier molecular flexibility index (Phi) is 5.00. The largest absolute Gasteiger partial charge is 0.494 e.